The summed E-state index contributed by atoms with van der Waals surface area (Å²) in [6.07, 6.45) is 2.47. The summed E-state index contributed by atoms with van der Waals surface area (Å²) in [4.78, 5) is 0. The summed E-state index contributed by atoms with van der Waals surface area (Å²) in [5.74, 6) is 0.362. The number of phenols is 1. The van der Waals surface area contributed by atoms with Crippen LogP contribution in [0.15, 0.2) is 24.3 Å². The maximum atomic E-state index is 9.72. The minimum Gasteiger partial charge on any atom is -0.508 e. The van der Waals surface area contributed by atoms with Crippen LogP contribution in [0.1, 0.15) is 45.2 Å². The second-order valence-corrected chi connectivity index (χ2v) is 4.86. The highest BCUT2D eigenvalue weighted by molar-refractivity contribution is 5.33. The predicted octanol–water partition coefficient (Wildman–Crippen LogP) is 3.25. The molecule has 0 radical (unpaired) electrons. The van der Waals surface area contributed by atoms with Crippen molar-refractivity contribution >= 4 is 0 Å². The summed E-state index contributed by atoms with van der Waals surface area (Å²) < 4.78 is 5.48. The van der Waals surface area contributed by atoms with Crippen LogP contribution in [-0.4, -0.2) is 24.4 Å². The third-order valence-electron chi connectivity index (χ3n) is 2.88. The normalized spacial score (nSPS) is 12.9. The first kappa shape index (κ1) is 15.0. The Bertz CT molecular complexity index is 339. The van der Waals surface area contributed by atoms with E-state index in [2.05, 4.69) is 26.1 Å². The zero-order valence-corrected chi connectivity index (χ0v) is 11.6. The molecule has 0 fully saturated rings. The number of aromatic hydroxyl groups is 1. The molecule has 1 aromatic rings. The SMILES string of the molecule is CC(C)OCCCCNC(C)c1ccccc1O. The van der Waals surface area contributed by atoms with E-state index >= 15 is 0 Å². The van der Waals surface area contributed by atoms with Crippen molar-refractivity contribution in [2.45, 2.75) is 45.8 Å². The van der Waals surface area contributed by atoms with Crippen LogP contribution in [-0.2, 0) is 4.74 Å². The standard InChI is InChI=1S/C15H25NO2/c1-12(2)18-11-7-6-10-16-13(3)14-8-4-5-9-15(14)17/h4-5,8-9,12-13,16-17H,6-7,10-11H2,1-3H3. The van der Waals surface area contributed by atoms with E-state index < -0.39 is 0 Å². The van der Waals surface area contributed by atoms with Crippen LogP contribution < -0.4 is 5.32 Å². The maximum Gasteiger partial charge on any atom is 0.120 e. The van der Waals surface area contributed by atoms with Gasteiger partial charge in [0.2, 0.25) is 0 Å². The minimum absolute atomic E-state index is 0.178. The van der Waals surface area contributed by atoms with E-state index in [9.17, 15) is 5.11 Å². The molecule has 0 aliphatic rings. The van der Waals surface area contributed by atoms with Gasteiger partial charge >= 0.3 is 0 Å². The fraction of sp³-hybridized carbons (Fsp3) is 0.600. The predicted molar refractivity (Wildman–Crippen MR) is 74.8 cm³/mol. The number of rotatable bonds is 8. The number of hydrogen-bond acceptors (Lipinski definition) is 3. The Hall–Kier alpha value is -1.06. The quantitative estimate of drug-likeness (QED) is 0.697. The number of benzene rings is 1. The number of nitrogens with one attached hydrogen (secondary N) is 1. The van der Waals surface area contributed by atoms with Crippen LogP contribution in [0.5, 0.6) is 5.75 Å². The van der Waals surface area contributed by atoms with Crippen molar-refractivity contribution in [3.05, 3.63) is 29.8 Å². The Labute approximate surface area is 110 Å². The topological polar surface area (TPSA) is 41.5 Å². The Balaban J connectivity index is 2.18. The third kappa shape index (κ3) is 5.52. The van der Waals surface area contributed by atoms with Gasteiger partial charge in [-0.2, -0.15) is 0 Å². The molecule has 0 spiro atoms. The number of unbranched alkanes of at least 4 members (excludes halogenated alkanes) is 1. The molecule has 3 heteroatoms. The molecule has 0 bridgehead atoms. The van der Waals surface area contributed by atoms with Gasteiger partial charge in [0.15, 0.2) is 0 Å². The van der Waals surface area contributed by atoms with Crippen LogP contribution in [0.25, 0.3) is 0 Å². The van der Waals surface area contributed by atoms with Crippen LogP contribution in [0.4, 0.5) is 0 Å². The fourth-order valence-electron chi connectivity index (χ4n) is 1.83. The maximum absolute atomic E-state index is 9.72. The van der Waals surface area contributed by atoms with Crippen LogP contribution in [0, 0.1) is 0 Å². The van der Waals surface area contributed by atoms with Gasteiger partial charge in [-0.15, -0.1) is 0 Å². The Morgan fingerprint density at radius 3 is 2.56 bits per heavy atom. The van der Waals surface area contributed by atoms with Gasteiger partial charge in [0, 0.05) is 18.2 Å². The molecule has 1 aromatic carbocycles. The average Bonchev–Trinajstić information content (AvgIpc) is 2.33. The molecular weight excluding hydrogens is 226 g/mol. The molecule has 0 saturated heterocycles. The highest BCUT2D eigenvalue weighted by Crippen LogP contribution is 2.22. The van der Waals surface area contributed by atoms with Crippen LogP contribution in [0.3, 0.4) is 0 Å². The number of ether oxygens (including phenoxy) is 1. The highest BCUT2D eigenvalue weighted by Gasteiger charge is 2.08. The lowest BCUT2D eigenvalue weighted by Crippen LogP contribution is -2.20. The van der Waals surface area contributed by atoms with Crippen molar-refractivity contribution in [2.75, 3.05) is 13.2 Å². The van der Waals surface area contributed by atoms with Crippen molar-refractivity contribution in [1.29, 1.82) is 0 Å². The van der Waals surface area contributed by atoms with Gasteiger partial charge in [0.05, 0.1) is 6.10 Å². The summed E-state index contributed by atoms with van der Waals surface area (Å²) in [6, 6.07) is 7.65. The van der Waals surface area contributed by atoms with E-state index in [0.29, 0.717) is 11.9 Å². The second kappa shape index (κ2) is 8.11. The van der Waals surface area contributed by atoms with Gasteiger partial charge in [-0.3, -0.25) is 0 Å². The minimum atomic E-state index is 0.178. The van der Waals surface area contributed by atoms with E-state index in [4.69, 9.17) is 4.74 Å². The summed E-state index contributed by atoms with van der Waals surface area (Å²) in [6.45, 7) is 7.94. The molecule has 0 saturated carbocycles. The molecular formula is C15H25NO2. The van der Waals surface area contributed by atoms with Crippen molar-refractivity contribution in [1.82, 2.24) is 5.32 Å². The van der Waals surface area contributed by atoms with Gasteiger partial charge in [0.1, 0.15) is 5.75 Å². The van der Waals surface area contributed by atoms with E-state index in [1.54, 1.807) is 6.07 Å². The van der Waals surface area contributed by atoms with Gasteiger partial charge in [-0.05, 0) is 46.2 Å². The monoisotopic (exact) mass is 251 g/mol. The fourth-order valence-corrected chi connectivity index (χ4v) is 1.83. The number of hydrogen-bond donors (Lipinski definition) is 2. The third-order valence-corrected chi connectivity index (χ3v) is 2.88. The molecule has 3 nitrogen and oxygen atoms in total. The van der Waals surface area contributed by atoms with Crippen LogP contribution >= 0.6 is 0 Å². The number of phenolic OH excluding ortho intramolecular Hbond substituents is 1. The van der Waals surface area contributed by atoms with E-state index in [0.717, 1.165) is 31.6 Å². The van der Waals surface area contributed by atoms with Gasteiger partial charge in [-0.1, -0.05) is 18.2 Å². The van der Waals surface area contributed by atoms with E-state index in [1.165, 1.54) is 0 Å². The lowest BCUT2D eigenvalue weighted by atomic mass is 10.1. The highest BCUT2D eigenvalue weighted by atomic mass is 16.5. The van der Waals surface area contributed by atoms with Crippen molar-refractivity contribution in [2.24, 2.45) is 0 Å². The molecule has 0 aliphatic carbocycles. The Kier molecular flexibility index (Phi) is 6.76. The molecule has 0 aromatic heterocycles. The molecule has 0 aliphatic heterocycles. The largest absolute Gasteiger partial charge is 0.508 e. The smallest absolute Gasteiger partial charge is 0.120 e. The molecule has 1 unspecified atom stereocenters. The molecule has 102 valence electrons. The zero-order valence-electron chi connectivity index (χ0n) is 11.6. The summed E-state index contributed by atoms with van der Waals surface area (Å²) in [5, 5.41) is 13.1. The van der Waals surface area contributed by atoms with Crippen LogP contribution in [0.2, 0.25) is 0 Å². The molecule has 1 atom stereocenters. The molecule has 0 amide bonds. The first-order valence-electron chi connectivity index (χ1n) is 6.74. The first-order valence-corrected chi connectivity index (χ1v) is 6.74. The Morgan fingerprint density at radius 2 is 1.89 bits per heavy atom. The number of para-hydroxylation sites is 1. The first-order chi connectivity index (χ1) is 8.61. The lowest BCUT2D eigenvalue weighted by Gasteiger charge is -2.15. The van der Waals surface area contributed by atoms with Crippen molar-refractivity contribution in [3.63, 3.8) is 0 Å². The second-order valence-electron chi connectivity index (χ2n) is 4.86. The zero-order chi connectivity index (χ0) is 13.4. The summed E-state index contributed by atoms with van der Waals surface area (Å²) in [5.41, 5.74) is 0.955. The molecule has 1 rings (SSSR count). The van der Waals surface area contributed by atoms with E-state index in [1.807, 2.05) is 18.2 Å². The average molecular weight is 251 g/mol. The van der Waals surface area contributed by atoms with Gasteiger partial charge in [-0.25, -0.2) is 0 Å². The molecule has 18 heavy (non-hydrogen) atoms. The molecule has 2 N–H and O–H groups in total. The summed E-state index contributed by atoms with van der Waals surface area (Å²) >= 11 is 0. The Morgan fingerprint density at radius 1 is 1.17 bits per heavy atom. The lowest BCUT2D eigenvalue weighted by molar-refractivity contribution is 0.0759. The summed E-state index contributed by atoms with van der Waals surface area (Å²) in [7, 11) is 0. The van der Waals surface area contributed by atoms with Gasteiger partial charge in [0.25, 0.3) is 0 Å². The van der Waals surface area contributed by atoms with Gasteiger partial charge < -0.3 is 15.2 Å². The van der Waals surface area contributed by atoms with Crippen molar-refractivity contribution < 1.29 is 9.84 Å². The molecule has 0 heterocycles. The van der Waals surface area contributed by atoms with E-state index in [-0.39, 0.29) is 6.04 Å². The van der Waals surface area contributed by atoms with Crippen molar-refractivity contribution in [3.8, 4) is 5.75 Å².